The number of hydrogen-bond donors (Lipinski definition) is 1. The Hall–Kier alpha value is -1.84. The van der Waals surface area contributed by atoms with Crippen molar-refractivity contribution in [2.24, 2.45) is 13.0 Å². The summed E-state index contributed by atoms with van der Waals surface area (Å²) in [5.74, 6) is 1.66. The summed E-state index contributed by atoms with van der Waals surface area (Å²) in [6, 6.07) is 5.71. The molecule has 1 aromatic carbocycles. The summed E-state index contributed by atoms with van der Waals surface area (Å²) in [6.45, 7) is 2.77. The summed E-state index contributed by atoms with van der Waals surface area (Å²) in [5.41, 5.74) is 2.65. The van der Waals surface area contributed by atoms with Gasteiger partial charge in [-0.1, -0.05) is 6.42 Å². The molecule has 0 saturated heterocycles. The summed E-state index contributed by atoms with van der Waals surface area (Å²) in [5, 5.41) is 3.01. The standard InChI is InChI=1S/C15H19N3O/c1-10-17-13-8-12(6-7-14(13)18(10)2)15(19)16-9-11-4-3-5-11/h6-8,11H,3-5,9H2,1-2H3,(H,16,19). The van der Waals surface area contributed by atoms with Crippen molar-refractivity contribution in [2.45, 2.75) is 26.2 Å². The monoisotopic (exact) mass is 257 g/mol. The van der Waals surface area contributed by atoms with Gasteiger partial charge < -0.3 is 9.88 Å². The maximum Gasteiger partial charge on any atom is 0.251 e. The summed E-state index contributed by atoms with van der Waals surface area (Å²) < 4.78 is 2.03. The largest absolute Gasteiger partial charge is 0.352 e. The molecule has 1 aliphatic rings. The van der Waals surface area contributed by atoms with Crippen molar-refractivity contribution in [3.8, 4) is 0 Å². The molecule has 4 nitrogen and oxygen atoms in total. The molecule has 19 heavy (non-hydrogen) atoms. The number of aryl methyl sites for hydroxylation is 2. The fourth-order valence-corrected chi connectivity index (χ4v) is 2.50. The highest BCUT2D eigenvalue weighted by Gasteiger charge is 2.18. The first-order valence-electron chi connectivity index (χ1n) is 6.86. The topological polar surface area (TPSA) is 46.9 Å². The Balaban J connectivity index is 1.78. The predicted molar refractivity (Wildman–Crippen MR) is 75.1 cm³/mol. The fraction of sp³-hybridized carbons (Fsp3) is 0.467. The molecule has 2 aromatic rings. The summed E-state index contributed by atoms with van der Waals surface area (Å²) in [4.78, 5) is 16.5. The van der Waals surface area contributed by atoms with E-state index in [-0.39, 0.29) is 5.91 Å². The molecule has 1 saturated carbocycles. The van der Waals surface area contributed by atoms with E-state index in [1.807, 2.05) is 36.7 Å². The van der Waals surface area contributed by atoms with Gasteiger partial charge in [-0.15, -0.1) is 0 Å². The Bertz CT molecular complexity index is 626. The SMILES string of the molecule is Cc1nc2cc(C(=O)NCC3CCC3)ccc2n1C. The molecule has 0 bridgehead atoms. The number of nitrogens with zero attached hydrogens (tertiary/aromatic N) is 2. The Morgan fingerprint density at radius 2 is 2.26 bits per heavy atom. The maximum atomic E-state index is 12.1. The molecule has 0 radical (unpaired) electrons. The molecule has 0 spiro atoms. The van der Waals surface area contributed by atoms with Crippen molar-refractivity contribution in [1.29, 1.82) is 0 Å². The Kier molecular flexibility index (Phi) is 3.01. The number of carbonyl (C=O) groups excluding carboxylic acids is 1. The fourth-order valence-electron chi connectivity index (χ4n) is 2.50. The second-order valence-corrected chi connectivity index (χ2v) is 5.43. The molecule has 1 fully saturated rings. The number of nitrogens with one attached hydrogen (secondary N) is 1. The van der Waals surface area contributed by atoms with Crippen molar-refractivity contribution in [3.63, 3.8) is 0 Å². The third-order valence-corrected chi connectivity index (χ3v) is 4.14. The van der Waals surface area contributed by atoms with Crippen LogP contribution >= 0.6 is 0 Å². The van der Waals surface area contributed by atoms with Crippen LogP contribution in [0.3, 0.4) is 0 Å². The van der Waals surface area contributed by atoms with Gasteiger partial charge in [0.05, 0.1) is 11.0 Å². The van der Waals surface area contributed by atoms with E-state index >= 15 is 0 Å². The van der Waals surface area contributed by atoms with Gasteiger partial charge in [0.2, 0.25) is 0 Å². The summed E-state index contributed by atoms with van der Waals surface area (Å²) in [6.07, 6.45) is 3.80. The molecule has 1 N–H and O–H groups in total. The van der Waals surface area contributed by atoms with Gasteiger partial charge in [0.1, 0.15) is 5.82 Å². The van der Waals surface area contributed by atoms with Gasteiger partial charge in [-0.05, 0) is 43.9 Å². The lowest BCUT2D eigenvalue weighted by Crippen LogP contribution is -2.32. The first kappa shape index (κ1) is 12.2. The number of fused-ring (bicyclic) bond motifs is 1. The lowest BCUT2D eigenvalue weighted by atomic mass is 9.85. The second-order valence-electron chi connectivity index (χ2n) is 5.43. The maximum absolute atomic E-state index is 12.1. The zero-order valence-electron chi connectivity index (χ0n) is 11.4. The lowest BCUT2D eigenvalue weighted by molar-refractivity contribution is 0.0939. The summed E-state index contributed by atoms with van der Waals surface area (Å²) >= 11 is 0. The Morgan fingerprint density at radius 1 is 1.47 bits per heavy atom. The molecule has 1 aliphatic carbocycles. The zero-order chi connectivity index (χ0) is 13.4. The summed E-state index contributed by atoms with van der Waals surface area (Å²) in [7, 11) is 1.99. The van der Waals surface area contributed by atoms with Crippen LogP contribution in [0.2, 0.25) is 0 Å². The molecule has 1 amide bonds. The van der Waals surface area contributed by atoms with Crippen molar-refractivity contribution in [1.82, 2.24) is 14.9 Å². The molecular formula is C15H19N3O. The van der Waals surface area contributed by atoms with E-state index in [9.17, 15) is 4.79 Å². The van der Waals surface area contributed by atoms with Gasteiger partial charge in [-0.2, -0.15) is 0 Å². The van der Waals surface area contributed by atoms with Gasteiger partial charge in [-0.25, -0.2) is 4.98 Å². The highest BCUT2D eigenvalue weighted by molar-refractivity contribution is 5.97. The molecule has 0 aliphatic heterocycles. The van der Waals surface area contributed by atoms with Gasteiger partial charge >= 0.3 is 0 Å². The lowest BCUT2D eigenvalue weighted by Gasteiger charge is -2.25. The normalized spacial score (nSPS) is 15.5. The highest BCUT2D eigenvalue weighted by Crippen LogP contribution is 2.25. The molecule has 3 rings (SSSR count). The molecular weight excluding hydrogens is 238 g/mol. The van der Waals surface area contributed by atoms with Gasteiger partial charge in [0.15, 0.2) is 0 Å². The van der Waals surface area contributed by atoms with Crippen LogP contribution < -0.4 is 5.32 Å². The van der Waals surface area contributed by atoms with Crippen LogP contribution in [0.4, 0.5) is 0 Å². The van der Waals surface area contributed by atoms with Crippen LogP contribution in [0.5, 0.6) is 0 Å². The predicted octanol–water partition coefficient (Wildman–Crippen LogP) is 2.41. The van der Waals surface area contributed by atoms with Crippen molar-refractivity contribution >= 4 is 16.9 Å². The Labute approximate surface area is 112 Å². The number of amides is 1. The number of hydrogen-bond acceptors (Lipinski definition) is 2. The van der Waals surface area contributed by atoms with Gasteiger partial charge in [0, 0.05) is 19.2 Å². The number of carbonyl (C=O) groups is 1. The molecule has 0 atom stereocenters. The van der Waals surface area contributed by atoms with Crippen molar-refractivity contribution in [2.75, 3.05) is 6.54 Å². The number of benzene rings is 1. The van der Waals surface area contributed by atoms with E-state index in [4.69, 9.17) is 0 Å². The van der Waals surface area contributed by atoms with Crippen molar-refractivity contribution < 1.29 is 4.79 Å². The minimum Gasteiger partial charge on any atom is -0.352 e. The van der Waals surface area contributed by atoms with E-state index in [2.05, 4.69) is 10.3 Å². The third kappa shape index (κ3) is 2.23. The van der Waals surface area contributed by atoms with Crippen LogP contribution in [0.1, 0.15) is 35.4 Å². The molecule has 0 unspecified atom stereocenters. The first-order chi connectivity index (χ1) is 9.15. The number of imidazole rings is 1. The van der Waals surface area contributed by atoms with Crippen LogP contribution in [0.25, 0.3) is 11.0 Å². The Morgan fingerprint density at radius 3 is 2.95 bits per heavy atom. The van der Waals surface area contributed by atoms with Gasteiger partial charge in [0.25, 0.3) is 5.91 Å². The average Bonchev–Trinajstić information content (AvgIpc) is 2.62. The van der Waals surface area contributed by atoms with E-state index in [0.717, 1.165) is 23.4 Å². The quantitative estimate of drug-likeness (QED) is 0.918. The van der Waals surface area contributed by atoms with E-state index in [1.54, 1.807) is 0 Å². The molecule has 4 heteroatoms. The minimum absolute atomic E-state index is 0.0112. The molecule has 1 heterocycles. The van der Waals surface area contributed by atoms with E-state index in [1.165, 1.54) is 19.3 Å². The molecule has 100 valence electrons. The average molecular weight is 257 g/mol. The third-order valence-electron chi connectivity index (χ3n) is 4.14. The van der Waals surface area contributed by atoms with Crippen LogP contribution in [0, 0.1) is 12.8 Å². The zero-order valence-corrected chi connectivity index (χ0v) is 11.4. The van der Waals surface area contributed by atoms with Gasteiger partial charge in [-0.3, -0.25) is 4.79 Å². The minimum atomic E-state index is 0.0112. The van der Waals surface area contributed by atoms with Crippen LogP contribution in [-0.2, 0) is 7.05 Å². The van der Waals surface area contributed by atoms with E-state index in [0.29, 0.717) is 11.5 Å². The number of aromatic nitrogens is 2. The molecule has 1 aromatic heterocycles. The van der Waals surface area contributed by atoms with Crippen LogP contribution in [0.15, 0.2) is 18.2 Å². The van der Waals surface area contributed by atoms with Crippen LogP contribution in [-0.4, -0.2) is 22.0 Å². The first-order valence-corrected chi connectivity index (χ1v) is 6.86. The second kappa shape index (κ2) is 4.68. The highest BCUT2D eigenvalue weighted by atomic mass is 16.1. The number of rotatable bonds is 3. The van der Waals surface area contributed by atoms with Crippen molar-refractivity contribution in [3.05, 3.63) is 29.6 Å². The van der Waals surface area contributed by atoms with E-state index < -0.39 is 0 Å². The smallest absolute Gasteiger partial charge is 0.251 e.